The minimum atomic E-state index is -0.753. The number of amides is 3. The maximum Gasteiger partial charge on any atom is 0.333 e. The van der Waals surface area contributed by atoms with Crippen LogP contribution in [0, 0.1) is 0 Å². The van der Waals surface area contributed by atoms with Crippen LogP contribution in [0.5, 0.6) is 0 Å². The SMILES string of the molecule is CCN(CC)C(C)CCCCNC(=O)CCC(=O)ON1C(=O)CCC1=O. The number of hydrogen-bond acceptors (Lipinski definition) is 6. The normalized spacial score (nSPS) is 15.5. The average molecular weight is 369 g/mol. The first kappa shape index (κ1) is 22.1. The monoisotopic (exact) mass is 369 g/mol. The molecule has 148 valence electrons. The highest BCUT2D eigenvalue weighted by molar-refractivity contribution is 6.01. The molecular formula is C18H31N3O5. The second kappa shape index (κ2) is 11.6. The van der Waals surface area contributed by atoms with Gasteiger partial charge in [-0.2, -0.15) is 0 Å². The maximum absolute atomic E-state index is 11.7. The van der Waals surface area contributed by atoms with Crippen molar-refractivity contribution < 1.29 is 24.0 Å². The van der Waals surface area contributed by atoms with Gasteiger partial charge in [-0.3, -0.25) is 14.4 Å². The fourth-order valence-electron chi connectivity index (χ4n) is 2.93. The Kier molecular flexibility index (Phi) is 9.87. The number of imide groups is 1. The maximum atomic E-state index is 11.7. The van der Waals surface area contributed by atoms with E-state index in [-0.39, 0.29) is 31.6 Å². The number of rotatable bonds is 12. The van der Waals surface area contributed by atoms with Crippen molar-refractivity contribution in [1.82, 2.24) is 15.3 Å². The molecular weight excluding hydrogens is 338 g/mol. The Morgan fingerprint density at radius 1 is 1.12 bits per heavy atom. The molecule has 0 aromatic carbocycles. The molecule has 0 aromatic rings. The summed E-state index contributed by atoms with van der Waals surface area (Å²) in [7, 11) is 0. The van der Waals surface area contributed by atoms with Gasteiger partial charge in [-0.1, -0.05) is 20.3 Å². The lowest BCUT2D eigenvalue weighted by molar-refractivity contribution is -0.197. The van der Waals surface area contributed by atoms with Crippen LogP contribution in [0.4, 0.5) is 0 Å². The Morgan fingerprint density at radius 2 is 1.73 bits per heavy atom. The minimum absolute atomic E-state index is 0.0229. The number of nitrogens with zero attached hydrogens (tertiary/aromatic N) is 2. The lowest BCUT2D eigenvalue weighted by atomic mass is 10.1. The first-order valence-corrected chi connectivity index (χ1v) is 9.46. The molecule has 0 radical (unpaired) electrons. The molecule has 1 rings (SSSR count). The van der Waals surface area contributed by atoms with Gasteiger partial charge in [-0.05, 0) is 32.9 Å². The molecule has 8 nitrogen and oxygen atoms in total. The number of unbranched alkanes of at least 4 members (excludes halogenated alkanes) is 1. The average Bonchev–Trinajstić information content (AvgIpc) is 2.92. The van der Waals surface area contributed by atoms with Crippen LogP contribution in [0.15, 0.2) is 0 Å². The largest absolute Gasteiger partial charge is 0.356 e. The first-order valence-electron chi connectivity index (χ1n) is 9.46. The Morgan fingerprint density at radius 3 is 2.31 bits per heavy atom. The Hall–Kier alpha value is -1.96. The second-order valence-corrected chi connectivity index (χ2v) is 6.46. The molecule has 0 bridgehead atoms. The molecule has 1 aliphatic heterocycles. The van der Waals surface area contributed by atoms with E-state index in [1.165, 1.54) is 0 Å². The van der Waals surface area contributed by atoms with Gasteiger partial charge < -0.3 is 15.1 Å². The highest BCUT2D eigenvalue weighted by Gasteiger charge is 2.32. The summed E-state index contributed by atoms with van der Waals surface area (Å²) in [6.07, 6.45) is 2.92. The number of hydroxylamine groups is 2. The Bertz CT molecular complexity index is 489. The van der Waals surface area contributed by atoms with E-state index in [1.807, 2.05) is 0 Å². The van der Waals surface area contributed by atoms with Crippen LogP contribution in [0.1, 0.15) is 65.7 Å². The van der Waals surface area contributed by atoms with Crippen molar-refractivity contribution in [2.24, 2.45) is 0 Å². The molecule has 0 aromatic heterocycles. The fraction of sp³-hybridized carbons (Fsp3) is 0.778. The predicted octanol–water partition coefficient (Wildman–Crippen LogP) is 1.39. The van der Waals surface area contributed by atoms with Crippen molar-refractivity contribution in [2.75, 3.05) is 19.6 Å². The summed E-state index contributed by atoms with van der Waals surface area (Å²) in [5.41, 5.74) is 0. The van der Waals surface area contributed by atoms with Crippen LogP contribution < -0.4 is 5.32 Å². The van der Waals surface area contributed by atoms with Crippen molar-refractivity contribution in [3.8, 4) is 0 Å². The first-order chi connectivity index (χ1) is 12.4. The van der Waals surface area contributed by atoms with Crippen molar-refractivity contribution >= 4 is 23.7 Å². The zero-order valence-corrected chi connectivity index (χ0v) is 16.1. The molecule has 26 heavy (non-hydrogen) atoms. The molecule has 1 saturated heterocycles. The van der Waals surface area contributed by atoms with Gasteiger partial charge in [0.2, 0.25) is 5.91 Å². The summed E-state index contributed by atoms with van der Waals surface area (Å²) in [6.45, 7) is 9.18. The van der Waals surface area contributed by atoms with E-state index >= 15 is 0 Å². The summed E-state index contributed by atoms with van der Waals surface area (Å²) >= 11 is 0. The van der Waals surface area contributed by atoms with E-state index in [2.05, 4.69) is 31.0 Å². The van der Waals surface area contributed by atoms with Crippen LogP contribution in [0.25, 0.3) is 0 Å². The highest BCUT2D eigenvalue weighted by atomic mass is 16.7. The third kappa shape index (κ3) is 7.51. The lowest BCUT2D eigenvalue weighted by Crippen LogP contribution is -2.33. The third-order valence-corrected chi connectivity index (χ3v) is 4.56. The molecule has 1 heterocycles. The van der Waals surface area contributed by atoms with Crippen molar-refractivity contribution in [2.45, 2.75) is 71.8 Å². The van der Waals surface area contributed by atoms with E-state index in [0.29, 0.717) is 17.6 Å². The molecule has 0 aliphatic carbocycles. The van der Waals surface area contributed by atoms with E-state index in [1.54, 1.807) is 0 Å². The van der Waals surface area contributed by atoms with Crippen LogP contribution in [-0.4, -0.2) is 59.3 Å². The second-order valence-electron chi connectivity index (χ2n) is 6.46. The quantitative estimate of drug-likeness (QED) is 0.412. The molecule has 0 spiro atoms. The van der Waals surface area contributed by atoms with Crippen LogP contribution >= 0.6 is 0 Å². The highest BCUT2D eigenvalue weighted by Crippen LogP contribution is 2.13. The van der Waals surface area contributed by atoms with E-state index in [4.69, 9.17) is 4.84 Å². The summed E-state index contributed by atoms with van der Waals surface area (Å²) in [4.78, 5) is 53.1. The number of nitrogens with one attached hydrogen (secondary N) is 1. The van der Waals surface area contributed by atoms with Crippen LogP contribution in [0.2, 0.25) is 0 Å². The minimum Gasteiger partial charge on any atom is -0.356 e. The smallest absolute Gasteiger partial charge is 0.333 e. The summed E-state index contributed by atoms with van der Waals surface area (Å²) in [5.74, 6) is -2.03. The molecule has 1 unspecified atom stereocenters. The van der Waals surface area contributed by atoms with Crippen molar-refractivity contribution in [1.29, 1.82) is 0 Å². The number of hydrogen-bond donors (Lipinski definition) is 1. The fourth-order valence-corrected chi connectivity index (χ4v) is 2.93. The standard InChI is InChI=1S/C18H31N3O5/c1-4-20(5-2)14(3)8-6-7-13-19-15(22)9-12-18(25)26-21-16(23)10-11-17(21)24/h14H,4-13H2,1-3H3,(H,19,22). The molecule has 1 N–H and O–H groups in total. The van der Waals surface area contributed by atoms with E-state index in [0.717, 1.165) is 32.4 Å². The Balaban J connectivity index is 2.10. The van der Waals surface area contributed by atoms with E-state index < -0.39 is 17.8 Å². The molecule has 3 amide bonds. The lowest BCUT2D eigenvalue weighted by Gasteiger charge is -2.26. The third-order valence-electron chi connectivity index (χ3n) is 4.56. The molecule has 8 heteroatoms. The van der Waals surface area contributed by atoms with Gasteiger partial charge >= 0.3 is 5.97 Å². The molecule has 1 aliphatic rings. The van der Waals surface area contributed by atoms with Gasteiger partial charge in [0.05, 0.1) is 6.42 Å². The van der Waals surface area contributed by atoms with E-state index in [9.17, 15) is 19.2 Å². The van der Waals surface area contributed by atoms with Gasteiger partial charge in [0, 0.05) is 31.8 Å². The van der Waals surface area contributed by atoms with Crippen LogP contribution in [-0.2, 0) is 24.0 Å². The van der Waals surface area contributed by atoms with Crippen LogP contribution in [0.3, 0.4) is 0 Å². The van der Waals surface area contributed by atoms with Gasteiger partial charge in [-0.25, -0.2) is 4.79 Å². The zero-order valence-electron chi connectivity index (χ0n) is 16.1. The van der Waals surface area contributed by atoms with Gasteiger partial charge in [0.15, 0.2) is 0 Å². The number of carbonyl (C=O) groups excluding carboxylic acids is 4. The topological polar surface area (TPSA) is 96.0 Å². The van der Waals surface area contributed by atoms with Gasteiger partial charge in [0.25, 0.3) is 11.8 Å². The van der Waals surface area contributed by atoms with Gasteiger partial charge in [-0.15, -0.1) is 5.06 Å². The summed E-state index contributed by atoms with van der Waals surface area (Å²) in [5, 5.41) is 3.27. The van der Waals surface area contributed by atoms with Crippen molar-refractivity contribution in [3.05, 3.63) is 0 Å². The summed E-state index contributed by atoms with van der Waals surface area (Å²) < 4.78 is 0. The Labute approximate surface area is 155 Å². The summed E-state index contributed by atoms with van der Waals surface area (Å²) in [6, 6.07) is 0.534. The predicted molar refractivity (Wildman–Crippen MR) is 95.7 cm³/mol. The molecule has 0 saturated carbocycles. The van der Waals surface area contributed by atoms with Gasteiger partial charge in [0.1, 0.15) is 0 Å². The molecule has 1 atom stereocenters. The van der Waals surface area contributed by atoms with Crippen molar-refractivity contribution in [3.63, 3.8) is 0 Å². The molecule has 1 fully saturated rings. The zero-order chi connectivity index (χ0) is 19.5. The number of carbonyl (C=O) groups is 4.